The van der Waals surface area contributed by atoms with Crippen molar-refractivity contribution in [3.8, 4) is 11.3 Å². The Hall–Kier alpha value is -2.60. The van der Waals surface area contributed by atoms with E-state index in [9.17, 15) is 4.79 Å². The molecule has 1 aliphatic carbocycles. The summed E-state index contributed by atoms with van der Waals surface area (Å²) in [6.07, 6.45) is 2.51. The van der Waals surface area contributed by atoms with Gasteiger partial charge in [0.1, 0.15) is 5.82 Å². The minimum Gasteiger partial charge on any atom is -0.378 e. The van der Waals surface area contributed by atoms with Crippen LogP contribution < -0.4 is 15.5 Å². The Labute approximate surface area is 159 Å². The number of hydrogen-bond donors (Lipinski definition) is 2. The fraction of sp³-hybridized carbons (Fsp3) is 0.429. The van der Waals surface area contributed by atoms with E-state index in [1.807, 2.05) is 12.1 Å². The summed E-state index contributed by atoms with van der Waals surface area (Å²) in [5, 5.41) is 6.06. The summed E-state index contributed by atoms with van der Waals surface area (Å²) in [5.74, 6) is 1.26. The molecule has 1 saturated heterocycles. The van der Waals surface area contributed by atoms with Crippen LogP contribution in [0.5, 0.6) is 0 Å². The van der Waals surface area contributed by atoms with Crippen molar-refractivity contribution in [3.63, 3.8) is 0 Å². The zero-order chi connectivity index (χ0) is 18.6. The first-order chi connectivity index (χ1) is 13.2. The number of ether oxygens (including phenoxy) is 1. The van der Waals surface area contributed by atoms with E-state index in [0.29, 0.717) is 17.3 Å². The van der Waals surface area contributed by atoms with Crippen LogP contribution in [-0.4, -0.2) is 50.8 Å². The van der Waals surface area contributed by atoms with Crippen molar-refractivity contribution in [1.82, 2.24) is 10.3 Å². The molecule has 2 aliphatic rings. The Kier molecular flexibility index (Phi) is 5.25. The minimum atomic E-state index is -0.116. The number of nitrogens with zero attached hydrogens (tertiary/aromatic N) is 2. The van der Waals surface area contributed by atoms with Crippen molar-refractivity contribution < 1.29 is 9.53 Å². The van der Waals surface area contributed by atoms with Crippen LogP contribution in [0.25, 0.3) is 11.3 Å². The summed E-state index contributed by atoms with van der Waals surface area (Å²) in [6.45, 7) is 4.28. The first-order valence-corrected chi connectivity index (χ1v) is 9.65. The van der Waals surface area contributed by atoms with Gasteiger partial charge in [0.05, 0.1) is 24.5 Å². The molecule has 0 bridgehead atoms. The molecule has 142 valence electrons. The third-order valence-corrected chi connectivity index (χ3v) is 5.16. The minimum absolute atomic E-state index is 0.116. The first-order valence-electron chi connectivity index (χ1n) is 9.65. The lowest BCUT2D eigenvalue weighted by Crippen LogP contribution is -2.36. The summed E-state index contributed by atoms with van der Waals surface area (Å²) in [4.78, 5) is 19.2. The highest BCUT2D eigenvalue weighted by molar-refractivity contribution is 5.99. The molecule has 0 radical (unpaired) electrons. The predicted octanol–water partition coefficient (Wildman–Crippen LogP) is 2.77. The van der Waals surface area contributed by atoms with Gasteiger partial charge in [0.2, 0.25) is 0 Å². The number of aromatic nitrogens is 1. The molecule has 6 heteroatoms. The molecule has 1 saturated carbocycles. The largest absolute Gasteiger partial charge is 0.378 e. The number of hydrogen-bond acceptors (Lipinski definition) is 5. The lowest BCUT2D eigenvalue weighted by Gasteiger charge is -2.28. The standard InChI is InChI=1S/C21H26N4O2/c1-22-21(26)18-8-9-19(24-20(18)23-14-15-2-3-15)16-4-6-17(7-5-16)25-10-12-27-13-11-25/h4-9,15H,2-3,10-14H2,1H3,(H,22,26)(H,23,24). The van der Waals surface area contributed by atoms with Crippen LogP contribution in [0.2, 0.25) is 0 Å². The van der Waals surface area contributed by atoms with E-state index in [1.54, 1.807) is 7.05 Å². The normalized spacial score (nSPS) is 16.9. The summed E-state index contributed by atoms with van der Waals surface area (Å²) in [5.41, 5.74) is 3.71. The Balaban J connectivity index is 1.56. The first kappa shape index (κ1) is 17.8. The van der Waals surface area contributed by atoms with Crippen LogP contribution >= 0.6 is 0 Å². The zero-order valence-electron chi connectivity index (χ0n) is 15.7. The van der Waals surface area contributed by atoms with Crippen molar-refractivity contribution in [2.75, 3.05) is 50.1 Å². The Bertz CT molecular complexity index is 796. The highest BCUT2D eigenvalue weighted by atomic mass is 16.5. The van der Waals surface area contributed by atoms with Crippen molar-refractivity contribution in [3.05, 3.63) is 42.0 Å². The number of rotatable bonds is 6. The van der Waals surface area contributed by atoms with E-state index >= 15 is 0 Å². The molecule has 2 aromatic rings. The number of benzene rings is 1. The number of nitrogens with one attached hydrogen (secondary N) is 2. The van der Waals surface area contributed by atoms with E-state index in [4.69, 9.17) is 9.72 Å². The predicted molar refractivity (Wildman–Crippen MR) is 107 cm³/mol. The molecule has 4 rings (SSSR count). The maximum absolute atomic E-state index is 12.2. The maximum Gasteiger partial charge on any atom is 0.254 e. The Morgan fingerprint density at radius 3 is 2.56 bits per heavy atom. The van der Waals surface area contributed by atoms with Crippen LogP contribution in [0.4, 0.5) is 11.5 Å². The smallest absolute Gasteiger partial charge is 0.254 e. The number of anilines is 2. The quantitative estimate of drug-likeness (QED) is 0.823. The molecule has 1 amide bonds. The molecule has 0 spiro atoms. The summed E-state index contributed by atoms with van der Waals surface area (Å²) >= 11 is 0. The number of pyridine rings is 1. The molecule has 1 aromatic carbocycles. The van der Waals surface area contributed by atoms with Gasteiger partial charge < -0.3 is 20.3 Å². The third kappa shape index (κ3) is 4.22. The zero-order valence-corrected chi connectivity index (χ0v) is 15.7. The highest BCUT2D eigenvalue weighted by Gasteiger charge is 2.22. The van der Waals surface area contributed by atoms with Crippen molar-refractivity contribution in [2.45, 2.75) is 12.8 Å². The number of carbonyl (C=O) groups is 1. The van der Waals surface area contributed by atoms with E-state index in [1.165, 1.54) is 18.5 Å². The van der Waals surface area contributed by atoms with Crippen molar-refractivity contribution in [1.29, 1.82) is 0 Å². The van der Waals surface area contributed by atoms with Crippen LogP contribution in [0, 0.1) is 5.92 Å². The molecule has 2 fully saturated rings. The van der Waals surface area contributed by atoms with Crippen LogP contribution in [-0.2, 0) is 4.74 Å². The van der Waals surface area contributed by atoms with E-state index in [0.717, 1.165) is 44.1 Å². The van der Waals surface area contributed by atoms with E-state index < -0.39 is 0 Å². The van der Waals surface area contributed by atoms with Gasteiger partial charge in [-0.25, -0.2) is 4.98 Å². The second kappa shape index (κ2) is 7.96. The van der Waals surface area contributed by atoms with Gasteiger partial charge in [0, 0.05) is 37.9 Å². The van der Waals surface area contributed by atoms with E-state index in [-0.39, 0.29) is 5.91 Å². The van der Waals surface area contributed by atoms with Gasteiger partial charge in [-0.2, -0.15) is 0 Å². The van der Waals surface area contributed by atoms with Gasteiger partial charge in [0.15, 0.2) is 0 Å². The topological polar surface area (TPSA) is 66.5 Å². The Morgan fingerprint density at radius 2 is 1.89 bits per heavy atom. The highest BCUT2D eigenvalue weighted by Crippen LogP contribution is 2.30. The molecular formula is C21H26N4O2. The average molecular weight is 366 g/mol. The van der Waals surface area contributed by atoms with Crippen LogP contribution in [0.15, 0.2) is 36.4 Å². The fourth-order valence-corrected chi connectivity index (χ4v) is 3.30. The lowest BCUT2D eigenvalue weighted by molar-refractivity contribution is 0.0963. The van der Waals surface area contributed by atoms with Crippen LogP contribution in [0.3, 0.4) is 0 Å². The summed E-state index contributed by atoms with van der Waals surface area (Å²) < 4.78 is 5.42. The molecule has 27 heavy (non-hydrogen) atoms. The molecule has 1 aliphatic heterocycles. The monoisotopic (exact) mass is 366 g/mol. The van der Waals surface area contributed by atoms with Gasteiger partial charge in [-0.1, -0.05) is 12.1 Å². The van der Waals surface area contributed by atoms with Gasteiger partial charge in [0.25, 0.3) is 5.91 Å². The SMILES string of the molecule is CNC(=O)c1ccc(-c2ccc(N3CCOCC3)cc2)nc1NCC1CC1. The Morgan fingerprint density at radius 1 is 1.15 bits per heavy atom. The van der Waals surface area contributed by atoms with Crippen molar-refractivity contribution in [2.24, 2.45) is 5.92 Å². The summed E-state index contributed by atoms with van der Waals surface area (Å²) in [7, 11) is 1.64. The van der Waals surface area contributed by atoms with Gasteiger partial charge in [-0.3, -0.25) is 4.79 Å². The fourth-order valence-electron chi connectivity index (χ4n) is 3.30. The van der Waals surface area contributed by atoms with Crippen LogP contribution in [0.1, 0.15) is 23.2 Å². The van der Waals surface area contributed by atoms with Gasteiger partial charge in [-0.05, 0) is 43.0 Å². The molecule has 2 N–H and O–H groups in total. The molecule has 6 nitrogen and oxygen atoms in total. The average Bonchev–Trinajstić information content (AvgIpc) is 3.57. The lowest BCUT2D eigenvalue weighted by atomic mass is 10.1. The second-order valence-electron chi connectivity index (χ2n) is 7.14. The number of carbonyl (C=O) groups excluding carboxylic acids is 1. The molecule has 0 unspecified atom stereocenters. The molecule has 1 aromatic heterocycles. The summed E-state index contributed by atoms with van der Waals surface area (Å²) in [6, 6.07) is 12.2. The molecule has 2 heterocycles. The van der Waals surface area contributed by atoms with E-state index in [2.05, 4.69) is 39.8 Å². The molecular weight excluding hydrogens is 340 g/mol. The van der Waals surface area contributed by atoms with Gasteiger partial charge in [-0.15, -0.1) is 0 Å². The van der Waals surface area contributed by atoms with Crippen molar-refractivity contribution >= 4 is 17.4 Å². The number of morpholine rings is 1. The molecule has 0 atom stereocenters. The van der Waals surface area contributed by atoms with Gasteiger partial charge >= 0.3 is 0 Å². The maximum atomic E-state index is 12.2. The third-order valence-electron chi connectivity index (χ3n) is 5.16. The number of amides is 1. The second-order valence-corrected chi connectivity index (χ2v) is 7.14.